The molecule has 3 aromatic rings. The van der Waals surface area contributed by atoms with Crippen LogP contribution in [0, 0.1) is 5.92 Å². The standard InChI is InChI=1S/C24H27N5O2S/c1-13(2)31-19-8-16-11-25-10-15(16)7-18(19)28-22-21-17-6-5-14(24(30)29(3)4)9-20(17)32-23(21)27-12-26-22/h7-8,10,12-14H,5-6,9,11H2,1-4H3,(H,26,27,28)/t14-/m0/s1. The van der Waals surface area contributed by atoms with Crippen LogP contribution in [0.5, 0.6) is 5.75 Å². The van der Waals surface area contributed by atoms with Crippen molar-refractivity contribution in [3.63, 3.8) is 0 Å². The van der Waals surface area contributed by atoms with Gasteiger partial charge in [0.25, 0.3) is 0 Å². The number of amides is 1. The summed E-state index contributed by atoms with van der Waals surface area (Å²) in [7, 11) is 3.66. The summed E-state index contributed by atoms with van der Waals surface area (Å²) in [6.45, 7) is 4.74. The van der Waals surface area contributed by atoms with E-state index in [2.05, 4.69) is 32.4 Å². The number of ether oxygens (including phenoxy) is 1. The zero-order valence-electron chi connectivity index (χ0n) is 18.8. The molecule has 1 amide bonds. The van der Waals surface area contributed by atoms with Gasteiger partial charge < -0.3 is 15.0 Å². The van der Waals surface area contributed by atoms with Crippen molar-refractivity contribution in [1.29, 1.82) is 0 Å². The lowest BCUT2D eigenvalue weighted by Crippen LogP contribution is -2.32. The molecule has 8 heteroatoms. The molecule has 0 spiro atoms. The lowest BCUT2D eigenvalue weighted by Gasteiger charge is -2.24. The number of nitrogens with one attached hydrogen (secondary N) is 1. The molecule has 0 fully saturated rings. The van der Waals surface area contributed by atoms with Crippen LogP contribution >= 0.6 is 11.3 Å². The highest BCUT2D eigenvalue weighted by Crippen LogP contribution is 2.42. The van der Waals surface area contributed by atoms with Crippen molar-refractivity contribution in [3.8, 4) is 5.75 Å². The van der Waals surface area contributed by atoms with Crippen LogP contribution in [-0.2, 0) is 24.2 Å². The van der Waals surface area contributed by atoms with E-state index in [1.807, 2.05) is 34.2 Å². The number of rotatable bonds is 5. The minimum Gasteiger partial charge on any atom is -0.489 e. The van der Waals surface area contributed by atoms with Gasteiger partial charge in [0.15, 0.2) is 0 Å². The second-order valence-corrected chi connectivity index (χ2v) is 9.97. The summed E-state index contributed by atoms with van der Waals surface area (Å²) < 4.78 is 6.11. The predicted molar refractivity (Wildman–Crippen MR) is 128 cm³/mol. The third-order valence-corrected chi connectivity index (χ3v) is 7.15. The Hall–Kier alpha value is -3.00. The molecule has 0 radical (unpaired) electrons. The van der Waals surface area contributed by atoms with Gasteiger partial charge in [-0.05, 0) is 61.9 Å². The molecule has 1 aliphatic carbocycles. The average Bonchev–Trinajstić information content (AvgIpc) is 3.36. The summed E-state index contributed by atoms with van der Waals surface area (Å²) in [5, 5.41) is 4.60. The van der Waals surface area contributed by atoms with Gasteiger partial charge in [0.1, 0.15) is 22.7 Å². The number of carbonyl (C=O) groups excluding carboxylic acids is 1. The molecule has 32 heavy (non-hydrogen) atoms. The fourth-order valence-electron chi connectivity index (χ4n) is 4.50. The SMILES string of the molecule is CC(C)Oc1cc2c(cc1Nc1ncnc3sc4c(c13)CC[C@H](C(=O)N(C)C)C4)C=NC2. The lowest BCUT2D eigenvalue weighted by molar-refractivity contribution is -0.133. The highest BCUT2D eigenvalue weighted by Gasteiger charge is 2.30. The number of carbonyl (C=O) groups is 1. The van der Waals surface area contributed by atoms with Gasteiger partial charge in [-0.25, -0.2) is 9.97 Å². The summed E-state index contributed by atoms with van der Waals surface area (Å²) in [6, 6.07) is 4.16. The Kier molecular flexibility index (Phi) is 5.33. The summed E-state index contributed by atoms with van der Waals surface area (Å²) >= 11 is 1.68. The maximum atomic E-state index is 12.5. The smallest absolute Gasteiger partial charge is 0.225 e. The zero-order valence-corrected chi connectivity index (χ0v) is 19.6. The van der Waals surface area contributed by atoms with E-state index in [0.717, 1.165) is 52.3 Å². The van der Waals surface area contributed by atoms with E-state index in [0.29, 0.717) is 6.54 Å². The third-order valence-electron chi connectivity index (χ3n) is 5.98. The molecule has 1 aliphatic heterocycles. The monoisotopic (exact) mass is 449 g/mol. The molecule has 5 rings (SSSR count). The second kappa shape index (κ2) is 8.16. The number of fused-ring (bicyclic) bond motifs is 4. The minimum absolute atomic E-state index is 0.0389. The first-order valence-electron chi connectivity index (χ1n) is 11.0. The number of hydrogen-bond donors (Lipinski definition) is 1. The molecular weight excluding hydrogens is 422 g/mol. The Bertz CT molecular complexity index is 1230. The summed E-state index contributed by atoms with van der Waals surface area (Å²) in [6.07, 6.45) is 6.04. The molecule has 0 bridgehead atoms. The van der Waals surface area contributed by atoms with E-state index in [1.54, 1.807) is 22.6 Å². The molecular formula is C24H27N5O2S. The minimum atomic E-state index is 0.0389. The Balaban J connectivity index is 1.53. The van der Waals surface area contributed by atoms with Crippen LogP contribution in [0.4, 0.5) is 11.5 Å². The van der Waals surface area contributed by atoms with E-state index < -0.39 is 0 Å². The Morgan fingerprint density at radius 1 is 1.28 bits per heavy atom. The second-order valence-electron chi connectivity index (χ2n) is 8.89. The summed E-state index contributed by atoms with van der Waals surface area (Å²) in [5.41, 5.74) is 4.42. The fourth-order valence-corrected chi connectivity index (χ4v) is 5.76. The van der Waals surface area contributed by atoms with Gasteiger partial charge in [0.05, 0.1) is 23.7 Å². The first-order chi connectivity index (χ1) is 15.4. The number of thiophene rings is 1. The first kappa shape index (κ1) is 20.9. The molecule has 3 heterocycles. The van der Waals surface area contributed by atoms with Gasteiger partial charge >= 0.3 is 0 Å². The number of aromatic nitrogens is 2. The zero-order chi connectivity index (χ0) is 22.4. The number of aliphatic imine (C=N–C) groups is 1. The van der Waals surface area contributed by atoms with E-state index in [9.17, 15) is 4.79 Å². The van der Waals surface area contributed by atoms with Crippen LogP contribution in [0.3, 0.4) is 0 Å². The van der Waals surface area contributed by atoms with Crippen molar-refractivity contribution in [2.45, 2.75) is 45.8 Å². The van der Waals surface area contributed by atoms with Gasteiger partial charge in [-0.1, -0.05) is 0 Å². The van der Waals surface area contributed by atoms with E-state index >= 15 is 0 Å². The third kappa shape index (κ3) is 3.72. The number of hydrogen-bond acceptors (Lipinski definition) is 7. The Labute approximate surface area is 191 Å². The van der Waals surface area contributed by atoms with Gasteiger partial charge in [-0.3, -0.25) is 9.79 Å². The number of anilines is 2. The van der Waals surface area contributed by atoms with Crippen molar-refractivity contribution >= 4 is 45.2 Å². The number of aryl methyl sites for hydroxylation is 1. The van der Waals surface area contributed by atoms with Crippen molar-refractivity contribution in [2.75, 3.05) is 19.4 Å². The Morgan fingerprint density at radius 2 is 2.12 bits per heavy atom. The average molecular weight is 450 g/mol. The van der Waals surface area contributed by atoms with Crippen molar-refractivity contribution in [2.24, 2.45) is 10.9 Å². The summed E-state index contributed by atoms with van der Waals surface area (Å²) in [5.74, 6) is 1.83. The normalized spacial score (nSPS) is 16.8. The topological polar surface area (TPSA) is 79.7 Å². The molecule has 2 aromatic heterocycles. The van der Waals surface area contributed by atoms with Crippen LogP contribution in [0.1, 0.15) is 41.8 Å². The van der Waals surface area contributed by atoms with Crippen molar-refractivity contribution in [1.82, 2.24) is 14.9 Å². The van der Waals surface area contributed by atoms with E-state index in [4.69, 9.17) is 4.74 Å². The van der Waals surface area contributed by atoms with Crippen molar-refractivity contribution in [3.05, 3.63) is 40.0 Å². The summed E-state index contributed by atoms with van der Waals surface area (Å²) in [4.78, 5) is 29.9. The van der Waals surface area contributed by atoms with E-state index in [1.165, 1.54) is 16.0 Å². The lowest BCUT2D eigenvalue weighted by atomic mass is 9.87. The largest absolute Gasteiger partial charge is 0.489 e. The molecule has 0 unspecified atom stereocenters. The van der Waals surface area contributed by atoms with Gasteiger partial charge in [-0.15, -0.1) is 11.3 Å². The molecule has 7 nitrogen and oxygen atoms in total. The fraction of sp³-hybridized carbons (Fsp3) is 0.417. The highest BCUT2D eigenvalue weighted by atomic mass is 32.1. The van der Waals surface area contributed by atoms with Crippen molar-refractivity contribution < 1.29 is 9.53 Å². The molecule has 0 saturated heterocycles. The first-order valence-corrected chi connectivity index (χ1v) is 11.8. The molecule has 1 N–H and O–H groups in total. The Morgan fingerprint density at radius 3 is 2.91 bits per heavy atom. The van der Waals surface area contributed by atoms with Crippen LogP contribution in [-0.4, -0.2) is 47.2 Å². The molecule has 2 aliphatic rings. The molecule has 166 valence electrons. The van der Waals surface area contributed by atoms with Gasteiger partial charge in [0, 0.05) is 31.1 Å². The molecule has 0 saturated carbocycles. The number of benzene rings is 1. The molecule has 1 atom stereocenters. The van der Waals surface area contributed by atoms with Gasteiger partial charge in [0.2, 0.25) is 5.91 Å². The maximum absolute atomic E-state index is 12.5. The van der Waals surface area contributed by atoms with Crippen LogP contribution < -0.4 is 10.1 Å². The van der Waals surface area contributed by atoms with Gasteiger partial charge in [-0.2, -0.15) is 0 Å². The quantitative estimate of drug-likeness (QED) is 0.627. The van der Waals surface area contributed by atoms with Crippen LogP contribution in [0.15, 0.2) is 23.5 Å². The molecule has 1 aromatic carbocycles. The maximum Gasteiger partial charge on any atom is 0.225 e. The number of nitrogens with zero attached hydrogens (tertiary/aromatic N) is 4. The van der Waals surface area contributed by atoms with E-state index in [-0.39, 0.29) is 17.9 Å². The predicted octanol–water partition coefficient (Wildman–Crippen LogP) is 4.35. The van der Waals surface area contributed by atoms with Crippen LogP contribution in [0.25, 0.3) is 10.2 Å². The highest BCUT2D eigenvalue weighted by molar-refractivity contribution is 7.19. The van der Waals surface area contributed by atoms with Crippen LogP contribution in [0.2, 0.25) is 0 Å².